The average molecular weight is 171 g/mol. The van der Waals surface area contributed by atoms with Gasteiger partial charge < -0.3 is 0 Å². The minimum atomic E-state index is 0.519. The molecule has 0 spiro atoms. The SMILES string of the molecule is [B]c1c(C)cc(Cl)cc1Cl. The highest BCUT2D eigenvalue weighted by Gasteiger charge is 1.98. The van der Waals surface area contributed by atoms with Crippen LogP contribution in [0, 0.1) is 6.92 Å². The predicted molar refractivity (Wildman–Crippen MR) is 46.6 cm³/mol. The van der Waals surface area contributed by atoms with Crippen molar-refractivity contribution in [3.05, 3.63) is 27.7 Å². The lowest BCUT2D eigenvalue weighted by Crippen LogP contribution is -2.07. The molecule has 0 aliphatic carbocycles. The highest BCUT2D eigenvalue weighted by molar-refractivity contribution is 6.46. The third kappa shape index (κ3) is 1.47. The molecular weight excluding hydrogens is 166 g/mol. The third-order valence-corrected chi connectivity index (χ3v) is 1.83. The summed E-state index contributed by atoms with van der Waals surface area (Å²) in [6.07, 6.45) is 0. The van der Waals surface area contributed by atoms with Gasteiger partial charge in [0, 0.05) is 10.0 Å². The van der Waals surface area contributed by atoms with Crippen LogP contribution in [-0.4, -0.2) is 7.85 Å². The molecule has 0 bridgehead atoms. The molecule has 1 rings (SSSR count). The first-order valence-corrected chi connectivity index (χ1v) is 3.58. The molecule has 0 atom stereocenters. The maximum atomic E-state index is 5.71. The molecule has 0 unspecified atom stereocenters. The summed E-state index contributed by atoms with van der Waals surface area (Å²) in [6.45, 7) is 1.87. The number of aryl methyl sites for hydroxylation is 1. The van der Waals surface area contributed by atoms with Crippen LogP contribution in [0.15, 0.2) is 12.1 Å². The maximum absolute atomic E-state index is 5.71. The number of hydrogen-bond acceptors (Lipinski definition) is 0. The second kappa shape index (κ2) is 2.85. The third-order valence-electron chi connectivity index (χ3n) is 1.30. The van der Waals surface area contributed by atoms with Gasteiger partial charge in [0.05, 0.1) is 0 Å². The quantitative estimate of drug-likeness (QED) is 0.524. The van der Waals surface area contributed by atoms with E-state index in [-0.39, 0.29) is 0 Å². The lowest BCUT2D eigenvalue weighted by molar-refractivity contribution is 1.52. The van der Waals surface area contributed by atoms with Gasteiger partial charge in [0.25, 0.3) is 0 Å². The predicted octanol–water partition coefficient (Wildman–Crippen LogP) is 2.10. The van der Waals surface area contributed by atoms with Crippen LogP contribution in [0.1, 0.15) is 5.56 Å². The fraction of sp³-hybridized carbons (Fsp3) is 0.143. The van der Waals surface area contributed by atoms with Crippen LogP contribution >= 0.6 is 23.2 Å². The minimum absolute atomic E-state index is 0.519. The summed E-state index contributed by atoms with van der Waals surface area (Å²) in [4.78, 5) is 0. The molecule has 0 aromatic heterocycles. The van der Waals surface area contributed by atoms with Crippen molar-refractivity contribution < 1.29 is 0 Å². The van der Waals surface area contributed by atoms with E-state index in [1.807, 2.05) is 6.92 Å². The normalized spacial score (nSPS) is 9.90. The minimum Gasteiger partial charge on any atom is -0.0849 e. The fourth-order valence-corrected chi connectivity index (χ4v) is 1.31. The lowest BCUT2D eigenvalue weighted by atomic mass is 9.91. The van der Waals surface area contributed by atoms with E-state index in [9.17, 15) is 0 Å². The van der Waals surface area contributed by atoms with Crippen molar-refractivity contribution in [1.29, 1.82) is 0 Å². The molecule has 0 amide bonds. The van der Waals surface area contributed by atoms with Crippen molar-refractivity contribution in [3.63, 3.8) is 0 Å². The summed E-state index contributed by atoms with van der Waals surface area (Å²) in [5.74, 6) is 0. The van der Waals surface area contributed by atoms with E-state index >= 15 is 0 Å². The molecule has 0 aliphatic heterocycles. The Morgan fingerprint density at radius 2 is 1.90 bits per heavy atom. The van der Waals surface area contributed by atoms with Crippen LogP contribution in [0.3, 0.4) is 0 Å². The Hall–Kier alpha value is -0.135. The van der Waals surface area contributed by atoms with Gasteiger partial charge in [0.2, 0.25) is 0 Å². The van der Waals surface area contributed by atoms with Crippen molar-refractivity contribution in [3.8, 4) is 0 Å². The number of benzene rings is 1. The zero-order valence-corrected chi connectivity index (χ0v) is 7.00. The van der Waals surface area contributed by atoms with Crippen LogP contribution in [0.4, 0.5) is 0 Å². The van der Waals surface area contributed by atoms with E-state index in [1.54, 1.807) is 12.1 Å². The second-order valence-corrected chi connectivity index (χ2v) is 2.96. The van der Waals surface area contributed by atoms with Gasteiger partial charge in [-0.2, -0.15) is 0 Å². The van der Waals surface area contributed by atoms with Crippen LogP contribution in [0.5, 0.6) is 0 Å². The first-order valence-electron chi connectivity index (χ1n) is 2.82. The van der Waals surface area contributed by atoms with Crippen molar-refractivity contribution >= 4 is 36.5 Å². The standard InChI is InChI=1S/C7H5BCl2/c1-4-2-5(9)3-6(10)7(4)8/h2-3H,1H3. The van der Waals surface area contributed by atoms with Gasteiger partial charge in [0.15, 0.2) is 0 Å². The topological polar surface area (TPSA) is 0 Å². The summed E-state index contributed by atoms with van der Waals surface area (Å²) in [5.41, 5.74) is 1.52. The van der Waals surface area contributed by atoms with Gasteiger partial charge in [-0.1, -0.05) is 34.2 Å². The van der Waals surface area contributed by atoms with Gasteiger partial charge in [-0.15, -0.1) is 0 Å². The molecule has 0 N–H and O–H groups in total. The first-order chi connectivity index (χ1) is 4.61. The zero-order chi connectivity index (χ0) is 7.72. The molecule has 3 heteroatoms. The molecule has 1 aromatic carbocycles. The number of hydrogen-bond donors (Lipinski definition) is 0. The monoisotopic (exact) mass is 170 g/mol. The zero-order valence-electron chi connectivity index (χ0n) is 5.49. The Morgan fingerprint density at radius 3 is 2.40 bits per heavy atom. The number of halogens is 2. The Balaban J connectivity index is 3.31. The van der Waals surface area contributed by atoms with E-state index in [1.165, 1.54) is 0 Å². The Morgan fingerprint density at radius 1 is 1.30 bits per heavy atom. The summed E-state index contributed by atoms with van der Waals surface area (Å²) in [7, 11) is 5.56. The second-order valence-electron chi connectivity index (χ2n) is 2.12. The van der Waals surface area contributed by atoms with Crippen LogP contribution in [0.2, 0.25) is 10.0 Å². The Labute approximate surface area is 71.6 Å². The molecule has 0 heterocycles. The van der Waals surface area contributed by atoms with Crippen molar-refractivity contribution in [2.45, 2.75) is 6.92 Å². The molecule has 0 saturated heterocycles. The van der Waals surface area contributed by atoms with E-state index < -0.39 is 0 Å². The largest absolute Gasteiger partial charge is 0.116 e. The molecule has 0 aliphatic rings. The van der Waals surface area contributed by atoms with Gasteiger partial charge in [-0.25, -0.2) is 0 Å². The van der Waals surface area contributed by atoms with Crippen LogP contribution in [-0.2, 0) is 0 Å². The molecular formula is C7H5BCl2. The summed E-state index contributed by atoms with van der Waals surface area (Å²) in [6, 6.07) is 3.41. The Kier molecular flexibility index (Phi) is 2.27. The highest BCUT2D eigenvalue weighted by Crippen LogP contribution is 2.15. The van der Waals surface area contributed by atoms with Crippen molar-refractivity contribution in [2.24, 2.45) is 0 Å². The maximum Gasteiger partial charge on any atom is 0.116 e. The van der Waals surface area contributed by atoms with Gasteiger partial charge in [-0.05, 0) is 19.1 Å². The fourth-order valence-electron chi connectivity index (χ4n) is 0.713. The van der Waals surface area contributed by atoms with Gasteiger partial charge >= 0.3 is 0 Å². The summed E-state index contributed by atoms with van der Waals surface area (Å²) < 4.78 is 0. The molecule has 2 radical (unpaired) electrons. The smallest absolute Gasteiger partial charge is 0.0849 e. The summed E-state index contributed by atoms with van der Waals surface area (Å²) in [5, 5.41) is 1.14. The van der Waals surface area contributed by atoms with Crippen molar-refractivity contribution in [2.75, 3.05) is 0 Å². The molecule has 10 heavy (non-hydrogen) atoms. The molecule has 50 valence electrons. The van der Waals surface area contributed by atoms with E-state index in [2.05, 4.69) is 0 Å². The summed E-state index contributed by atoms with van der Waals surface area (Å²) >= 11 is 11.4. The van der Waals surface area contributed by atoms with Crippen LogP contribution < -0.4 is 5.46 Å². The highest BCUT2D eigenvalue weighted by atomic mass is 35.5. The molecule has 0 saturated carbocycles. The van der Waals surface area contributed by atoms with Gasteiger partial charge in [0.1, 0.15) is 7.85 Å². The average Bonchev–Trinajstić information content (AvgIpc) is 1.82. The van der Waals surface area contributed by atoms with E-state index in [0.29, 0.717) is 15.5 Å². The molecule has 0 nitrogen and oxygen atoms in total. The van der Waals surface area contributed by atoms with Crippen molar-refractivity contribution in [1.82, 2.24) is 0 Å². The van der Waals surface area contributed by atoms with E-state index in [4.69, 9.17) is 31.0 Å². The first kappa shape index (κ1) is 7.97. The lowest BCUT2D eigenvalue weighted by Gasteiger charge is -2.02. The van der Waals surface area contributed by atoms with Gasteiger partial charge in [-0.3, -0.25) is 0 Å². The van der Waals surface area contributed by atoms with E-state index in [0.717, 1.165) is 5.56 Å². The molecule has 0 fully saturated rings. The molecule has 1 aromatic rings. The van der Waals surface area contributed by atoms with Crippen LogP contribution in [0.25, 0.3) is 0 Å². The number of rotatable bonds is 0. The Bertz CT molecular complexity index is 235.